The van der Waals surface area contributed by atoms with E-state index in [1.54, 1.807) is 24.6 Å². The highest BCUT2D eigenvalue weighted by Crippen LogP contribution is 2.16. The van der Waals surface area contributed by atoms with E-state index in [0.29, 0.717) is 10.6 Å². The fraction of sp³-hybridized carbons (Fsp3) is 0.333. The number of carbonyl (C=O) groups excluding carboxylic acids is 2. The number of primary amides is 1. The van der Waals surface area contributed by atoms with Gasteiger partial charge in [0.1, 0.15) is 11.1 Å². The maximum atomic E-state index is 12.0. The zero-order valence-corrected chi connectivity index (χ0v) is 11.6. The summed E-state index contributed by atoms with van der Waals surface area (Å²) in [6.45, 7) is 0. The highest BCUT2D eigenvalue weighted by Gasteiger charge is 2.22. The number of thioether (sulfide) groups is 1. The minimum absolute atomic E-state index is 0.0503. The molecule has 0 unspecified atom stereocenters. The smallest absolute Gasteiger partial charge is 0.326 e. The number of carboxylic acid groups (broad SMARTS) is 1. The molecule has 108 valence electrons. The Morgan fingerprint density at radius 2 is 2.20 bits per heavy atom. The van der Waals surface area contributed by atoms with Crippen molar-refractivity contribution in [2.45, 2.75) is 23.9 Å². The Morgan fingerprint density at radius 3 is 2.75 bits per heavy atom. The molecule has 20 heavy (non-hydrogen) atoms. The summed E-state index contributed by atoms with van der Waals surface area (Å²) in [6.07, 6.45) is 3.15. The molecule has 1 aromatic heterocycles. The molecule has 1 atom stereocenters. The van der Waals surface area contributed by atoms with Crippen LogP contribution in [-0.4, -0.2) is 40.2 Å². The number of carboxylic acids is 1. The predicted molar refractivity (Wildman–Crippen MR) is 73.3 cm³/mol. The van der Waals surface area contributed by atoms with Crippen LogP contribution in [0.3, 0.4) is 0 Å². The van der Waals surface area contributed by atoms with Gasteiger partial charge in [0, 0.05) is 12.6 Å². The second-order valence-electron chi connectivity index (χ2n) is 3.93. The van der Waals surface area contributed by atoms with Crippen molar-refractivity contribution in [3.05, 3.63) is 23.9 Å². The van der Waals surface area contributed by atoms with Crippen molar-refractivity contribution >= 4 is 29.5 Å². The van der Waals surface area contributed by atoms with Gasteiger partial charge in [0.15, 0.2) is 0 Å². The second-order valence-corrected chi connectivity index (χ2v) is 4.72. The molecule has 0 radical (unpaired) electrons. The average molecular weight is 297 g/mol. The molecule has 0 saturated carbocycles. The van der Waals surface area contributed by atoms with Crippen LogP contribution in [0, 0.1) is 0 Å². The fourth-order valence-electron chi connectivity index (χ4n) is 1.51. The maximum absolute atomic E-state index is 12.0. The summed E-state index contributed by atoms with van der Waals surface area (Å²) < 4.78 is 0. The monoisotopic (exact) mass is 297 g/mol. The predicted octanol–water partition coefficient (Wildman–Crippen LogP) is 0.252. The van der Waals surface area contributed by atoms with Gasteiger partial charge in [-0.1, -0.05) is 0 Å². The number of nitrogens with two attached hydrogens (primary N) is 1. The summed E-state index contributed by atoms with van der Waals surface area (Å²) in [5, 5.41) is 11.9. The lowest BCUT2D eigenvalue weighted by Gasteiger charge is -2.14. The number of pyridine rings is 1. The van der Waals surface area contributed by atoms with Gasteiger partial charge in [-0.15, -0.1) is 11.8 Å². The molecule has 8 heteroatoms. The largest absolute Gasteiger partial charge is 0.480 e. The van der Waals surface area contributed by atoms with Gasteiger partial charge in [0.05, 0.1) is 5.56 Å². The van der Waals surface area contributed by atoms with Gasteiger partial charge in [0.2, 0.25) is 5.91 Å². The minimum Gasteiger partial charge on any atom is -0.480 e. The van der Waals surface area contributed by atoms with Gasteiger partial charge in [-0.2, -0.15) is 0 Å². The molecule has 0 aliphatic heterocycles. The van der Waals surface area contributed by atoms with Crippen LogP contribution in [0.1, 0.15) is 23.2 Å². The lowest BCUT2D eigenvalue weighted by molar-refractivity contribution is -0.139. The standard InChI is InChI=1S/C12H15N3O4S/c1-20-11-7(3-2-6-14-11)10(17)15-8(12(18)19)4-5-9(13)16/h2-3,6,8H,4-5H2,1H3,(H2,13,16)(H,15,17)(H,18,19)/t8-/m0/s1. The van der Waals surface area contributed by atoms with Gasteiger partial charge >= 0.3 is 5.97 Å². The fourth-order valence-corrected chi connectivity index (χ4v) is 2.05. The van der Waals surface area contributed by atoms with Crippen LogP contribution >= 0.6 is 11.8 Å². The quantitative estimate of drug-likeness (QED) is 0.620. The van der Waals surface area contributed by atoms with Crippen molar-refractivity contribution in [3.63, 3.8) is 0 Å². The van der Waals surface area contributed by atoms with Crippen molar-refractivity contribution in [2.75, 3.05) is 6.26 Å². The Labute approximate surface area is 119 Å². The topological polar surface area (TPSA) is 122 Å². The third kappa shape index (κ3) is 4.54. The lowest BCUT2D eigenvalue weighted by Crippen LogP contribution is -2.41. The first kappa shape index (κ1) is 16.0. The molecular weight excluding hydrogens is 282 g/mol. The summed E-state index contributed by atoms with van der Waals surface area (Å²) in [6, 6.07) is 1.99. The first-order valence-electron chi connectivity index (χ1n) is 5.76. The molecule has 0 spiro atoms. The van der Waals surface area contributed by atoms with E-state index >= 15 is 0 Å². The normalized spacial score (nSPS) is 11.7. The Kier molecular flexibility index (Phi) is 5.98. The van der Waals surface area contributed by atoms with Gasteiger partial charge in [-0.05, 0) is 24.8 Å². The van der Waals surface area contributed by atoms with Crippen LogP contribution in [0.5, 0.6) is 0 Å². The molecule has 1 heterocycles. The third-order valence-corrected chi connectivity index (χ3v) is 3.20. The van der Waals surface area contributed by atoms with Crippen LogP contribution in [0.15, 0.2) is 23.4 Å². The van der Waals surface area contributed by atoms with Gasteiger partial charge < -0.3 is 16.2 Å². The highest BCUT2D eigenvalue weighted by molar-refractivity contribution is 7.98. The summed E-state index contributed by atoms with van der Waals surface area (Å²) in [7, 11) is 0. The molecule has 7 nitrogen and oxygen atoms in total. The molecule has 0 aliphatic rings. The Hall–Kier alpha value is -2.09. The van der Waals surface area contributed by atoms with E-state index in [1.165, 1.54) is 11.8 Å². The third-order valence-electron chi connectivity index (χ3n) is 2.49. The van der Waals surface area contributed by atoms with E-state index in [2.05, 4.69) is 10.3 Å². The van der Waals surface area contributed by atoms with Crippen LogP contribution in [-0.2, 0) is 9.59 Å². The molecule has 0 aliphatic carbocycles. The van der Waals surface area contributed by atoms with E-state index in [9.17, 15) is 14.4 Å². The maximum Gasteiger partial charge on any atom is 0.326 e. The number of nitrogens with zero attached hydrogens (tertiary/aromatic N) is 1. The molecule has 2 amide bonds. The summed E-state index contributed by atoms with van der Waals surface area (Å²) in [4.78, 5) is 37.8. The van der Waals surface area contributed by atoms with Crippen LogP contribution in [0.4, 0.5) is 0 Å². The van der Waals surface area contributed by atoms with Crippen molar-refractivity contribution in [3.8, 4) is 0 Å². The molecule has 0 bridgehead atoms. The van der Waals surface area contributed by atoms with Crippen LogP contribution < -0.4 is 11.1 Å². The second kappa shape index (κ2) is 7.49. The lowest BCUT2D eigenvalue weighted by atomic mass is 10.1. The van der Waals surface area contributed by atoms with Gasteiger partial charge in [-0.25, -0.2) is 9.78 Å². The molecule has 4 N–H and O–H groups in total. The van der Waals surface area contributed by atoms with Crippen molar-refractivity contribution in [2.24, 2.45) is 5.73 Å². The van der Waals surface area contributed by atoms with Crippen molar-refractivity contribution < 1.29 is 19.5 Å². The molecule has 1 aromatic rings. The molecule has 0 saturated heterocycles. The zero-order chi connectivity index (χ0) is 15.1. The number of hydrogen-bond donors (Lipinski definition) is 3. The average Bonchev–Trinajstić information content (AvgIpc) is 2.42. The number of carbonyl (C=O) groups is 3. The van der Waals surface area contributed by atoms with E-state index in [4.69, 9.17) is 10.8 Å². The zero-order valence-electron chi connectivity index (χ0n) is 10.8. The first-order valence-corrected chi connectivity index (χ1v) is 6.99. The molecule has 1 rings (SSSR count). The summed E-state index contributed by atoms with van der Waals surface area (Å²) in [5.41, 5.74) is 5.27. The SMILES string of the molecule is CSc1ncccc1C(=O)N[C@@H](CCC(N)=O)C(=O)O. The number of aliphatic carboxylic acids is 1. The van der Waals surface area contributed by atoms with E-state index in [0.717, 1.165) is 0 Å². The van der Waals surface area contributed by atoms with Crippen LogP contribution in [0.2, 0.25) is 0 Å². The van der Waals surface area contributed by atoms with E-state index < -0.39 is 23.8 Å². The number of amides is 2. The Morgan fingerprint density at radius 1 is 1.50 bits per heavy atom. The van der Waals surface area contributed by atoms with Crippen LogP contribution in [0.25, 0.3) is 0 Å². The molecule has 0 aromatic carbocycles. The Bertz CT molecular complexity index is 521. The molecule has 0 fully saturated rings. The van der Waals surface area contributed by atoms with Crippen molar-refractivity contribution in [1.82, 2.24) is 10.3 Å². The number of hydrogen-bond acceptors (Lipinski definition) is 5. The first-order chi connectivity index (χ1) is 9.45. The van der Waals surface area contributed by atoms with Gasteiger partial charge in [0.25, 0.3) is 5.91 Å². The van der Waals surface area contributed by atoms with E-state index in [-0.39, 0.29) is 12.8 Å². The number of nitrogens with one attached hydrogen (secondary N) is 1. The number of aromatic nitrogens is 1. The summed E-state index contributed by atoms with van der Waals surface area (Å²) >= 11 is 1.28. The molecular formula is C12H15N3O4S. The van der Waals surface area contributed by atoms with Crippen molar-refractivity contribution in [1.29, 1.82) is 0 Å². The number of rotatable bonds is 7. The Balaban J connectivity index is 2.80. The highest BCUT2D eigenvalue weighted by atomic mass is 32.2. The summed E-state index contributed by atoms with van der Waals surface area (Å²) in [5.74, 6) is -2.37. The van der Waals surface area contributed by atoms with Gasteiger partial charge in [-0.3, -0.25) is 9.59 Å². The van der Waals surface area contributed by atoms with E-state index in [1.807, 2.05) is 0 Å². The minimum atomic E-state index is -1.21.